The van der Waals surface area contributed by atoms with Crippen LogP contribution in [0.1, 0.15) is 46.6 Å². The SMILES string of the molecule is CC(C)NC1CCN(c2ccccc2C(C)(C)C)C1=O. The average molecular weight is 274 g/mol. The molecule has 1 atom stereocenters. The zero-order chi connectivity index (χ0) is 14.9. The zero-order valence-electron chi connectivity index (χ0n) is 13.2. The lowest BCUT2D eigenvalue weighted by molar-refractivity contribution is -0.118. The maximum Gasteiger partial charge on any atom is 0.244 e. The van der Waals surface area contributed by atoms with Crippen LogP contribution in [0.5, 0.6) is 0 Å². The maximum atomic E-state index is 12.6. The second kappa shape index (κ2) is 5.57. The van der Waals surface area contributed by atoms with E-state index in [1.54, 1.807) is 0 Å². The van der Waals surface area contributed by atoms with Crippen LogP contribution in [-0.4, -0.2) is 24.5 Å². The van der Waals surface area contributed by atoms with Crippen molar-refractivity contribution in [1.29, 1.82) is 0 Å². The van der Waals surface area contributed by atoms with Gasteiger partial charge in [-0.3, -0.25) is 4.79 Å². The molecule has 1 aromatic carbocycles. The Kier molecular flexibility index (Phi) is 4.19. The number of carbonyl (C=O) groups excluding carboxylic acids is 1. The highest BCUT2D eigenvalue weighted by Gasteiger charge is 2.34. The molecule has 110 valence electrons. The van der Waals surface area contributed by atoms with Crippen LogP contribution in [-0.2, 0) is 10.2 Å². The Hall–Kier alpha value is -1.35. The van der Waals surface area contributed by atoms with Crippen molar-refractivity contribution in [2.75, 3.05) is 11.4 Å². The van der Waals surface area contributed by atoms with Crippen molar-refractivity contribution in [3.8, 4) is 0 Å². The van der Waals surface area contributed by atoms with Gasteiger partial charge in [-0.2, -0.15) is 0 Å². The van der Waals surface area contributed by atoms with E-state index in [1.165, 1.54) is 5.56 Å². The van der Waals surface area contributed by atoms with Crippen LogP contribution >= 0.6 is 0 Å². The van der Waals surface area contributed by atoms with E-state index in [-0.39, 0.29) is 17.4 Å². The van der Waals surface area contributed by atoms with Gasteiger partial charge in [-0.25, -0.2) is 0 Å². The molecule has 1 aromatic rings. The van der Waals surface area contributed by atoms with Crippen molar-refractivity contribution >= 4 is 11.6 Å². The quantitative estimate of drug-likeness (QED) is 0.918. The molecule has 1 heterocycles. The molecule has 1 amide bonds. The lowest BCUT2D eigenvalue weighted by Crippen LogP contribution is -2.42. The smallest absolute Gasteiger partial charge is 0.244 e. The molecule has 1 aliphatic rings. The van der Waals surface area contributed by atoms with Crippen LogP contribution in [0.3, 0.4) is 0 Å². The number of benzene rings is 1. The second-order valence-corrected chi connectivity index (χ2v) is 6.92. The Bertz CT molecular complexity index is 488. The Morgan fingerprint density at radius 2 is 1.90 bits per heavy atom. The van der Waals surface area contributed by atoms with E-state index in [0.717, 1.165) is 18.7 Å². The molecule has 1 unspecified atom stereocenters. The molecule has 1 aliphatic heterocycles. The predicted molar refractivity (Wildman–Crippen MR) is 84.2 cm³/mol. The first-order valence-corrected chi connectivity index (χ1v) is 7.47. The maximum absolute atomic E-state index is 12.6. The molecular weight excluding hydrogens is 248 g/mol. The molecule has 3 heteroatoms. The summed E-state index contributed by atoms with van der Waals surface area (Å²) < 4.78 is 0. The third-order valence-corrected chi connectivity index (χ3v) is 3.74. The van der Waals surface area contributed by atoms with Gasteiger partial charge < -0.3 is 10.2 Å². The molecule has 20 heavy (non-hydrogen) atoms. The highest BCUT2D eigenvalue weighted by Crippen LogP contribution is 2.33. The normalized spacial score (nSPS) is 20.0. The van der Waals surface area contributed by atoms with E-state index in [4.69, 9.17) is 0 Å². The number of nitrogens with zero attached hydrogens (tertiary/aromatic N) is 1. The van der Waals surface area contributed by atoms with Crippen LogP contribution < -0.4 is 10.2 Å². The van der Waals surface area contributed by atoms with Crippen LogP contribution in [0.2, 0.25) is 0 Å². The van der Waals surface area contributed by atoms with Gasteiger partial charge in [-0.1, -0.05) is 52.8 Å². The molecule has 1 saturated heterocycles. The monoisotopic (exact) mass is 274 g/mol. The molecule has 0 spiro atoms. The fourth-order valence-electron chi connectivity index (χ4n) is 2.82. The largest absolute Gasteiger partial charge is 0.311 e. The minimum Gasteiger partial charge on any atom is -0.311 e. The summed E-state index contributed by atoms with van der Waals surface area (Å²) >= 11 is 0. The van der Waals surface area contributed by atoms with Gasteiger partial charge >= 0.3 is 0 Å². The molecule has 2 rings (SSSR count). The fourth-order valence-corrected chi connectivity index (χ4v) is 2.82. The topological polar surface area (TPSA) is 32.3 Å². The third-order valence-electron chi connectivity index (χ3n) is 3.74. The first kappa shape index (κ1) is 15.0. The number of amides is 1. The molecule has 1 fully saturated rings. The van der Waals surface area contributed by atoms with E-state index in [0.29, 0.717) is 6.04 Å². The summed E-state index contributed by atoms with van der Waals surface area (Å²) in [7, 11) is 0. The van der Waals surface area contributed by atoms with Gasteiger partial charge in [-0.15, -0.1) is 0 Å². The summed E-state index contributed by atoms with van der Waals surface area (Å²) in [6.45, 7) is 11.5. The zero-order valence-corrected chi connectivity index (χ0v) is 13.2. The summed E-state index contributed by atoms with van der Waals surface area (Å²) in [5, 5.41) is 3.36. The lowest BCUT2D eigenvalue weighted by atomic mass is 9.85. The van der Waals surface area contributed by atoms with Crippen molar-refractivity contribution in [1.82, 2.24) is 5.32 Å². The molecule has 0 radical (unpaired) electrons. The number of nitrogens with one attached hydrogen (secondary N) is 1. The fraction of sp³-hybridized carbons (Fsp3) is 0.588. The molecule has 0 saturated carbocycles. The minimum atomic E-state index is -0.0389. The average Bonchev–Trinajstić information content (AvgIpc) is 2.69. The van der Waals surface area contributed by atoms with Gasteiger partial charge in [0.2, 0.25) is 5.91 Å². The Morgan fingerprint density at radius 3 is 2.50 bits per heavy atom. The summed E-state index contributed by atoms with van der Waals surface area (Å²) in [5.41, 5.74) is 2.34. The molecule has 1 N–H and O–H groups in total. The standard InChI is InChI=1S/C17H26N2O/c1-12(2)18-14-10-11-19(16(14)20)15-9-7-6-8-13(15)17(3,4)5/h6-9,12,14,18H,10-11H2,1-5H3. The highest BCUT2D eigenvalue weighted by molar-refractivity contribution is 6.00. The summed E-state index contributed by atoms with van der Waals surface area (Å²) in [6, 6.07) is 8.56. The number of carbonyl (C=O) groups is 1. The van der Waals surface area contributed by atoms with Crippen LogP contribution in [0, 0.1) is 0 Å². The number of para-hydroxylation sites is 1. The minimum absolute atomic E-state index is 0.0389. The molecule has 0 aliphatic carbocycles. The van der Waals surface area contributed by atoms with Gasteiger partial charge in [0.05, 0.1) is 6.04 Å². The van der Waals surface area contributed by atoms with E-state index in [1.807, 2.05) is 11.0 Å². The summed E-state index contributed by atoms with van der Waals surface area (Å²) in [5.74, 6) is 0.204. The summed E-state index contributed by atoms with van der Waals surface area (Å²) in [6.07, 6.45) is 0.884. The van der Waals surface area contributed by atoms with Crippen molar-refractivity contribution in [3.05, 3.63) is 29.8 Å². The van der Waals surface area contributed by atoms with Gasteiger partial charge in [0.15, 0.2) is 0 Å². The van der Waals surface area contributed by atoms with E-state index in [9.17, 15) is 4.79 Å². The van der Waals surface area contributed by atoms with Crippen LogP contribution in [0.4, 0.5) is 5.69 Å². The predicted octanol–water partition coefficient (Wildman–Crippen LogP) is 3.09. The van der Waals surface area contributed by atoms with Crippen molar-refractivity contribution in [2.24, 2.45) is 0 Å². The Balaban J connectivity index is 2.28. The number of hydrogen-bond donors (Lipinski definition) is 1. The molecule has 0 aromatic heterocycles. The molecule has 3 nitrogen and oxygen atoms in total. The van der Waals surface area contributed by atoms with Crippen molar-refractivity contribution in [2.45, 2.75) is 58.5 Å². The summed E-state index contributed by atoms with van der Waals surface area (Å²) in [4.78, 5) is 14.5. The van der Waals surface area contributed by atoms with E-state index < -0.39 is 0 Å². The number of hydrogen-bond acceptors (Lipinski definition) is 2. The number of rotatable bonds is 3. The van der Waals surface area contributed by atoms with Crippen molar-refractivity contribution < 1.29 is 4.79 Å². The first-order valence-electron chi connectivity index (χ1n) is 7.47. The van der Waals surface area contributed by atoms with Gasteiger partial charge in [0.25, 0.3) is 0 Å². The van der Waals surface area contributed by atoms with E-state index >= 15 is 0 Å². The second-order valence-electron chi connectivity index (χ2n) is 6.92. The highest BCUT2D eigenvalue weighted by atomic mass is 16.2. The third kappa shape index (κ3) is 3.04. The lowest BCUT2D eigenvalue weighted by Gasteiger charge is -2.27. The number of anilines is 1. The van der Waals surface area contributed by atoms with Crippen LogP contribution in [0.25, 0.3) is 0 Å². The van der Waals surface area contributed by atoms with Crippen LogP contribution in [0.15, 0.2) is 24.3 Å². The van der Waals surface area contributed by atoms with Gasteiger partial charge in [0, 0.05) is 18.3 Å². The first-order chi connectivity index (χ1) is 9.30. The van der Waals surface area contributed by atoms with Crippen molar-refractivity contribution in [3.63, 3.8) is 0 Å². The van der Waals surface area contributed by atoms with Gasteiger partial charge in [-0.05, 0) is 23.5 Å². The Morgan fingerprint density at radius 1 is 1.25 bits per heavy atom. The van der Waals surface area contributed by atoms with Gasteiger partial charge in [0.1, 0.15) is 0 Å². The van der Waals surface area contributed by atoms with E-state index in [2.05, 4.69) is 58.1 Å². The molecule has 0 bridgehead atoms. The molecular formula is C17H26N2O. The Labute approximate surface area is 122 Å².